The van der Waals surface area contributed by atoms with Crippen molar-refractivity contribution in [2.75, 3.05) is 0 Å². The summed E-state index contributed by atoms with van der Waals surface area (Å²) >= 11 is 0. The first kappa shape index (κ1) is 15.5. The molecule has 18 heavy (non-hydrogen) atoms. The molecule has 1 fully saturated rings. The third-order valence-corrected chi connectivity index (χ3v) is 5.15. The molecule has 0 heterocycles. The molecular formula is C16H31NO. The maximum Gasteiger partial charge on any atom is 0.223 e. The summed E-state index contributed by atoms with van der Waals surface area (Å²) in [5.41, 5.74) is 0.464. The molecule has 2 heteroatoms. The van der Waals surface area contributed by atoms with Crippen LogP contribution in [0, 0.1) is 17.3 Å². The van der Waals surface area contributed by atoms with Crippen molar-refractivity contribution < 1.29 is 4.79 Å². The highest BCUT2D eigenvalue weighted by Gasteiger charge is 2.32. The number of nitrogens with one attached hydrogen (secondary N) is 1. The van der Waals surface area contributed by atoms with Crippen molar-refractivity contribution in [3.05, 3.63) is 0 Å². The lowest BCUT2D eigenvalue weighted by atomic mass is 9.69. The van der Waals surface area contributed by atoms with Gasteiger partial charge in [0.05, 0.1) is 0 Å². The zero-order valence-corrected chi connectivity index (χ0v) is 12.9. The topological polar surface area (TPSA) is 29.1 Å². The Bertz CT molecular complexity index is 264. The first-order chi connectivity index (χ1) is 8.40. The minimum absolute atomic E-state index is 0.162. The molecule has 0 aliphatic heterocycles. The zero-order chi connectivity index (χ0) is 13.8. The molecular weight excluding hydrogens is 222 g/mol. The molecule has 106 valence electrons. The summed E-state index contributed by atoms with van der Waals surface area (Å²) in [5.74, 6) is 1.24. The molecule has 0 aromatic heterocycles. The highest BCUT2D eigenvalue weighted by Crippen LogP contribution is 2.40. The minimum Gasteiger partial charge on any atom is -0.353 e. The predicted octanol–water partition coefficient (Wildman–Crippen LogP) is 4.14. The van der Waals surface area contributed by atoms with Crippen molar-refractivity contribution >= 4 is 5.91 Å². The second-order valence-corrected chi connectivity index (χ2v) is 6.71. The molecule has 1 atom stereocenters. The van der Waals surface area contributed by atoms with Gasteiger partial charge in [-0.25, -0.2) is 0 Å². The van der Waals surface area contributed by atoms with Crippen molar-refractivity contribution in [1.29, 1.82) is 0 Å². The summed E-state index contributed by atoms with van der Waals surface area (Å²) in [7, 11) is 0. The standard InChI is InChI=1S/C16H31NO/c1-6-12(3)15(18)17-14-10-8-13(9-11-14)16(4,5)7-2/h12-14H,6-11H2,1-5H3,(H,17,18). The highest BCUT2D eigenvalue weighted by molar-refractivity contribution is 5.78. The van der Waals surface area contributed by atoms with Crippen molar-refractivity contribution in [2.45, 2.75) is 79.2 Å². The van der Waals surface area contributed by atoms with Gasteiger partial charge >= 0.3 is 0 Å². The van der Waals surface area contributed by atoms with Crippen LogP contribution < -0.4 is 5.32 Å². The molecule has 2 nitrogen and oxygen atoms in total. The quantitative estimate of drug-likeness (QED) is 0.783. The van der Waals surface area contributed by atoms with Gasteiger partial charge in [0, 0.05) is 12.0 Å². The van der Waals surface area contributed by atoms with Crippen molar-refractivity contribution in [3.63, 3.8) is 0 Å². The minimum atomic E-state index is 0.162. The van der Waals surface area contributed by atoms with Gasteiger partial charge in [0.25, 0.3) is 0 Å². The van der Waals surface area contributed by atoms with Crippen LogP contribution in [0.25, 0.3) is 0 Å². The van der Waals surface area contributed by atoms with Crippen molar-refractivity contribution in [1.82, 2.24) is 5.32 Å². The van der Waals surface area contributed by atoms with Gasteiger partial charge in [0.15, 0.2) is 0 Å². The van der Waals surface area contributed by atoms with E-state index in [1.807, 2.05) is 6.92 Å². The Hall–Kier alpha value is -0.530. The maximum atomic E-state index is 11.9. The van der Waals surface area contributed by atoms with E-state index in [-0.39, 0.29) is 11.8 Å². The molecule has 1 unspecified atom stereocenters. The molecule has 0 aromatic carbocycles. The highest BCUT2D eigenvalue weighted by atomic mass is 16.1. The van der Waals surface area contributed by atoms with Crippen LogP contribution in [0.3, 0.4) is 0 Å². The Labute approximate surface area is 113 Å². The third kappa shape index (κ3) is 4.00. The fourth-order valence-electron chi connectivity index (χ4n) is 2.84. The summed E-state index contributed by atoms with van der Waals surface area (Å²) in [5, 5.41) is 3.22. The Kier molecular flexibility index (Phi) is 5.68. The smallest absolute Gasteiger partial charge is 0.223 e. The molecule has 0 saturated heterocycles. The fraction of sp³-hybridized carbons (Fsp3) is 0.938. The second kappa shape index (κ2) is 6.58. The zero-order valence-electron chi connectivity index (χ0n) is 12.9. The van der Waals surface area contributed by atoms with E-state index in [0.717, 1.165) is 25.2 Å². The van der Waals surface area contributed by atoms with E-state index in [2.05, 4.69) is 33.0 Å². The Morgan fingerprint density at radius 3 is 2.22 bits per heavy atom. The van der Waals surface area contributed by atoms with Gasteiger partial charge in [-0.1, -0.05) is 41.0 Å². The lowest BCUT2D eigenvalue weighted by Gasteiger charge is -2.39. The molecule has 1 amide bonds. The first-order valence-electron chi connectivity index (χ1n) is 7.71. The second-order valence-electron chi connectivity index (χ2n) is 6.71. The van der Waals surface area contributed by atoms with Crippen LogP contribution >= 0.6 is 0 Å². The molecule has 1 saturated carbocycles. The van der Waals surface area contributed by atoms with Crippen LogP contribution in [0.1, 0.15) is 73.1 Å². The summed E-state index contributed by atoms with van der Waals surface area (Å²) in [6.07, 6.45) is 7.05. The van der Waals surface area contributed by atoms with E-state index < -0.39 is 0 Å². The SMILES string of the molecule is CCC(C)C(=O)NC1CCC(C(C)(C)CC)CC1. The van der Waals surface area contributed by atoms with Crippen LogP contribution in [0.15, 0.2) is 0 Å². The number of carbonyl (C=O) groups excluding carboxylic acids is 1. The van der Waals surface area contributed by atoms with Gasteiger partial charge in [0.2, 0.25) is 5.91 Å². The van der Waals surface area contributed by atoms with Crippen LogP contribution in [0.4, 0.5) is 0 Å². The van der Waals surface area contributed by atoms with Gasteiger partial charge in [-0.3, -0.25) is 4.79 Å². The van der Waals surface area contributed by atoms with Crippen molar-refractivity contribution in [3.8, 4) is 0 Å². The normalized spacial score (nSPS) is 26.7. The van der Waals surface area contributed by atoms with E-state index in [1.54, 1.807) is 0 Å². The van der Waals surface area contributed by atoms with Gasteiger partial charge in [-0.05, 0) is 43.4 Å². The van der Waals surface area contributed by atoms with Crippen LogP contribution in [-0.2, 0) is 4.79 Å². The van der Waals surface area contributed by atoms with E-state index in [1.165, 1.54) is 19.3 Å². The maximum absolute atomic E-state index is 11.9. The molecule has 1 N–H and O–H groups in total. The summed E-state index contributed by atoms with van der Waals surface area (Å²) in [6, 6.07) is 0.426. The Morgan fingerprint density at radius 2 is 1.78 bits per heavy atom. The monoisotopic (exact) mass is 253 g/mol. The molecule has 1 aliphatic carbocycles. The van der Waals surface area contributed by atoms with Gasteiger partial charge in [-0.15, -0.1) is 0 Å². The summed E-state index contributed by atoms with van der Waals surface area (Å²) < 4.78 is 0. The Morgan fingerprint density at radius 1 is 1.22 bits per heavy atom. The average Bonchev–Trinajstić information content (AvgIpc) is 2.38. The average molecular weight is 253 g/mol. The van der Waals surface area contributed by atoms with E-state index in [0.29, 0.717) is 11.5 Å². The summed E-state index contributed by atoms with van der Waals surface area (Å²) in [6.45, 7) is 11.1. The van der Waals surface area contributed by atoms with Gasteiger partial charge in [-0.2, -0.15) is 0 Å². The van der Waals surface area contributed by atoms with E-state index in [4.69, 9.17) is 0 Å². The number of amides is 1. The van der Waals surface area contributed by atoms with Crippen LogP contribution in [0.5, 0.6) is 0 Å². The number of rotatable bonds is 5. The number of carbonyl (C=O) groups is 1. The lowest BCUT2D eigenvalue weighted by molar-refractivity contribution is -0.125. The van der Waals surface area contributed by atoms with Crippen LogP contribution in [0.2, 0.25) is 0 Å². The molecule has 0 aromatic rings. The largest absolute Gasteiger partial charge is 0.353 e. The molecule has 1 rings (SSSR count). The van der Waals surface area contributed by atoms with Crippen molar-refractivity contribution in [2.24, 2.45) is 17.3 Å². The molecule has 0 spiro atoms. The third-order valence-electron chi connectivity index (χ3n) is 5.15. The molecule has 0 radical (unpaired) electrons. The summed E-state index contributed by atoms with van der Waals surface area (Å²) in [4.78, 5) is 11.9. The fourth-order valence-corrected chi connectivity index (χ4v) is 2.84. The van der Waals surface area contributed by atoms with Gasteiger partial charge in [0.1, 0.15) is 0 Å². The first-order valence-corrected chi connectivity index (χ1v) is 7.71. The van der Waals surface area contributed by atoms with E-state index in [9.17, 15) is 4.79 Å². The lowest BCUT2D eigenvalue weighted by Crippen LogP contribution is -2.41. The van der Waals surface area contributed by atoms with Crippen LogP contribution in [-0.4, -0.2) is 11.9 Å². The number of hydrogen-bond acceptors (Lipinski definition) is 1. The molecule has 1 aliphatic rings. The predicted molar refractivity (Wildman–Crippen MR) is 77.4 cm³/mol. The Balaban J connectivity index is 2.38. The van der Waals surface area contributed by atoms with E-state index >= 15 is 0 Å². The molecule has 0 bridgehead atoms. The number of hydrogen-bond donors (Lipinski definition) is 1. The van der Waals surface area contributed by atoms with Gasteiger partial charge < -0.3 is 5.32 Å².